The molecule has 2 rings (SSSR count). The van der Waals surface area contributed by atoms with Crippen molar-refractivity contribution in [1.29, 1.82) is 0 Å². The van der Waals surface area contributed by atoms with E-state index < -0.39 is 0 Å². The molecule has 2 atom stereocenters. The first-order valence-corrected chi connectivity index (χ1v) is 6.53. The molecule has 0 aliphatic carbocycles. The van der Waals surface area contributed by atoms with Crippen molar-refractivity contribution in [2.24, 2.45) is 5.92 Å². The molecule has 2 amide bonds. The lowest BCUT2D eigenvalue weighted by Gasteiger charge is -2.37. The lowest BCUT2D eigenvalue weighted by atomic mass is 9.96. The van der Waals surface area contributed by atoms with E-state index in [4.69, 9.17) is 0 Å². The largest absolute Gasteiger partial charge is 0.353 e. The van der Waals surface area contributed by atoms with Crippen LogP contribution in [0.3, 0.4) is 0 Å². The molecule has 5 nitrogen and oxygen atoms in total. The highest BCUT2D eigenvalue weighted by Gasteiger charge is 2.35. The molecule has 0 radical (unpaired) electrons. The summed E-state index contributed by atoms with van der Waals surface area (Å²) in [7, 11) is 0. The number of piperidine rings is 1. The van der Waals surface area contributed by atoms with Gasteiger partial charge in [0.05, 0.1) is 5.92 Å². The van der Waals surface area contributed by atoms with Crippen LogP contribution < -0.4 is 10.6 Å². The normalized spacial score (nSPS) is 29.9. The Bertz CT molecular complexity index is 300. The molecule has 0 aromatic rings. The topological polar surface area (TPSA) is 61.4 Å². The fourth-order valence-corrected chi connectivity index (χ4v) is 2.68. The van der Waals surface area contributed by atoms with Crippen molar-refractivity contribution in [1.82, 2.24) is 15.5 Å². The first kappa shape index (κ1) is 12.4. The van der Waals surface area contributed by atoms with E-state index in [1.54, 1.807) is 4.90 Å². The molecule has 2 N–H and O–H groups in total. The zero-order valence-corrected chi connectivity index (χ0v) is 10.4. The van der Waals surface area contributed by atoms with Gasteiger partial charge in [0, 0.05) is 19.6 Å². The molecular formula is C12H21N3O2. The molecule has 5 heteroatoms. The van der Waals surface area contributed by atoms with E-state index in [9.17, 15) is 9.59 Å². The highest BCUT2D eigenvalue weighted by atomic mass is 16.2. The van der Waals surface area contributed by atoms with Gasteiger partial charge in [0.2, 0.25) is 11.8 Å². The van der Waals surface area contributed by atoms with Gasteiger partial charge in [0.25, 0.3) is 0 Å². The number of rotatable bonds is 2. The molecule has 2 heterocycles. The number of hydrogen-bond donors (Lipinski definition) is 2. The van der Waals surface area contributed by atoms with Gasteiger partial charge in [0.1, 0.15) is 6.04 Å². The van der Waals surface area contributed by atoms with Gasteiger partial charge in [-0.2, -0.15) is 0 Å². The maximum atomic E-state index is 12.4. The third kappa shape index (κ3) is 2.60. The third-order valence-electron chi connectivity index (χ3n) is 3.65. The molecule has 2 saturated heterocycles. The van der Waals surface area contributed by atoms with Crippen LogP contribution in [0.1, 0.15) is 26.2 Å². The standard InChI is InChI=1S/C12H21N3O2/c1-2-10-11(16)14-6-7-15(10)12(17)9-4-3-5-13-8-9/h9-10,13H,2-8H2,1H3,(H,14,16)/t9-,10+/m1/s1. The molecule has 0 aromatic heterocycles. The molecule has 2 aliphatic rings. The van der Waals surface area contributed by atoms with Crippen LogP contribution in [0, 0.1) is 5.92 Å². The van der Waals surface area contributed by atoms with Gasteiger partial charge >= 0.3 is 0 Å². The second kappa shape index (κ2) is 5.49. The summed E-state index contributed by atoms with van der Waals surface area (Å²) in [6.07, 6.45) is 2.69. The summed E-state index contributed by atoms with van der Waals surface area (Å²) in [4.78, 5) is 25.9. The predicted molar refractivity (Wildman–Crippen MR) is 64.4 cm³/mol. The van der Waals surface area contributed by atoms with Gasteiger partial charge in [-0.1, -0.05) is 6.92 Å². The summed E-state index contributed by atoms with van der Waals surface area (Å²) in [5.74, 6) is 0.207. The Morgan fingerprint density at radius 2 is 2.29 bits per heavy atom. The van der Waals surface area contributed by atoms with Crippen molar-refractivity contribution in [2.45, 2.75) is 32.2 Å². The van der Waals surface area contributed by atoms with Gasteiger partial charge in [-0.3, -0.25) is 9.59 Å². The maximum Gasteiger partial charge on any atom is 0.242 e. The van der Waals surface area contributed by atoms with E-state index in [1.165, 1.54) is 0 Å². The Morgan fingerprint density at radius 1 is 1.47 bits per heavy atom. The van der Waals surface area contributed by atoms with Gasteiger partial charge in [-0.05, 0) is 25.8 Å². The lowest BCUT2D eigenvalue weighted by Crippen LogP contribution is -2.59. The minimum absolute atomic E-state index is 0.00383. The molecule has 2 fully saturated rings. The second-order valence-electron chi connectivity index (χ2n) is 4.79. The van der Waals surface area contributed by atoms with Crippen LogP contribution in [0.2, 0.25) is 0 Å². The molecule has 0 saturated carbocycles. The van der Waals surface area contributed by atoms with Crippen LogP contribution in [0.4, 0.5) is 0 Å². The Balaban J connectivity index is 2.03. The number of nitrogens with zero attached hydrogens (tertiary/aromatic N) is 1. The minimum Gasteiger partial charge on any atom is -0.353 e. The van der Waals surface area contributed by atoms with Crippen molar-refractivity contribution in [2.75, 3.05) is 26.2 Å². The number of carbonyl (C=O) groups is 2. The first-order chi connectivity index (χ1) is 8.24. The summed E-state index contributed by atoms with van der Waals surface area (Å²) in [6.45, 7) is 4.95. The Kier molecular flexibility index (Phi) is 3.99. The molecule has 0 spiro atoms. The minimum atomic E-state index is -0.266. The molecule has 17 heavy (non-hydrogen) atoms. The quantitative estimate of drug-likeness (QED) is 0.697. The molecule has 0 unspecified atom stereocenters. The zero-order chi connectivity index (χ0) is 12.3. The van der Waals surface area contributed by atoms with E-state index in [0.717, 1.165) is 25.9 Å². The fourth-order valence-electron chi connectivity index (χ4n) is 2.68. The summed E-state index contributed by atoms with van der Waals surface area (Å²) in [6, 6.07) is -0.266. The van der Waals surface area contributed by atoms with Gasteiger partial charge in [0.15, 0.2) is 0 Å². The number of amides is 2. The van der Waals surface area contributed by atoms with Gasteiger partial charge < -0.3 is 15.5 Å². The van der Waals surface area contributed by atoms with Gasteiger partial charge in [-0.15, -0.1) is 0 Å². The Labute approximate surface area is 102 Å². The van der Waals surface area contributed by atoms with Crippen LogP contribution in [0.25, 0.3) is 0 Å². The molecule has 2 aliphatic heterocycles. The number of piperazine rings is 1. The predicted octanol–water partition coefficient (Wildman–Crippen LogP) is -0.277. The van der Waals surface area contributed by atoms with Crippen LogP contribution >= 0.6 is 0 Å². The summed E-state index contributed by atoms with van der Waals surface area (Å²) in [5.41, 5.74) is 0. The van der Waals surface area contributed by atoms with Crippen molar-refractivity contribution in [3.05, 3.63) is 0 Å². The zero-order valence-electron chi connectivity index (χ0n) is 10.4. The Morgan fingerprint density at radius 3 is 2.94 bits per heavy atom. The average Bonchev–Trinajstić information content (AvgIpc) is 2.38. The van der Waals surface area contributed by atoms with E-state index in [2.05, 4.69) is 10.6 Å². The highest BCUT2D eigenvalue weighted by molar-refractivity contribution is 5.89. The highest BCUT2D eigenvalue weighted by Crippen LogP contribution is 2.17. The second-order valence-corrected chi connectivity index (χ2v) is 4.79. The van der Waals surface area contributed by atoms with E-state index in [1.807, 2.05) is 6.92 Å². The molecule has 0 bridgehead atoms. The smallest absolute Gasteiger partial charge is 0.242 e. The summed E-state index contributed by atoms with van der Waals surface area (Å²) < 4.78 is 0. The SMILES string of the molecule is CC[C@H]1C(=O)NCCN1C(=O)[C@@H]1CCCNC1. The van der Waals surface area contributed by atoms with Crippen LogP contribution in [0.15, 0.2) is 0 Å². The number of nitrogens with one attached hydrogen (secondary N) is 2. The maximum absolute atomic E-state index is 12.4. The van der Waals surface area contributed by atoms with Crippen molar-refractivity contribution in [3.8, 4) is 0 Å². The van der Waals surface area contributed by atoms with Crippen molar-refractivity contribution in [3.63, 3.8) is 0 Å². The van der Waals surface area contributed by atoms with E-state index in [-0.39, 0.29) is 23.8 Å². The van der Waals surface area contributed by atoms with Crippen molar-refractivity contribution >= 4 is 11.8 Å². The summed E-state index contributed by atoms with van der Waals surface area (Å²) >= 11 is 0. The number of carbonyl (C=O) groups excluding carboxylic acids is 2. The van der Waals surface area contributed by atoms with Crippen LogP contribution in [-0.4, -0.2) is 48.9 Å². The molecule has 96 valence electrons. The number of hydrogen-bond acceptors (Lipinski definition) is 3. The Hall–Kier alpha value is -1.10. The van der Waals surface area contributed by atoms with E-state index >= 15 is 0 Å². The first-order valence-electron chi connectivity index (χ1n) is 6.53. The molecule has 0 aromatic carbocycles. The van der Waals surface area contributed by atoms with Crippen LogP contribution in [-0.2, 0) is 9.59 Å². The van der Waals surface area contributed by atoms with Crippen molar-refractivity contribution < 1.29 is 9.59 Å². The van der Waals surface area contributed by atoms with E-state index in [0.29, 0.717) is 19.5 Å². The fraction of sp³-hybridized carbons (Fsp3) is 0.833. The van der Waals surface area contributed by atoms with Crippen LogP contribution in [0.5, 0.6) is 0 Å². The van der Waals surface area contributed by atoms with Gasteiger partial charge in [-0.25, -0.2) is 0 Å². The average molecular weight is 239 g/mol. The monoisotopic (exact) mass is 239 g/mol. The molecular weight excluding hydrogens is 218 g/mol. The third-order valence-corrected chi connectivity index (χ3v) is 3.65. The summed E-state index contributed by atoms with van der Waals surface area (Å²) in [5, 5.41) is 6.07. The lowest BCUT2D eigenvalue weighted by molar-refractivity contribution is -0.146.